The van der Waals surface area contributed by atoms with E-state index in [0.29, 0.717) is 6.54 Å². The highest BCUT2D eigenvalue weighted by molar-refractivity contribution is 7.14. The molecule has 0 saturated carbocycles. The molecular formula is C17H24N2O2S. The van der Waals surface area contributed by atoms with Gasteiger partial charge < -0.3 is 10.6 Å². The molecule has 1 saturated heterocycles. The van der Waals surface area contributed by atoms with Crippen molar-refractivity contribution in [1.82, 2.24) is 4.90 Å². The predicted octanol–water partition coefficient (Wildman–Crippen LogP) is 2.74. The highest BCUT2D eigenvalue weighted by Crippen LogP contribution is 2.31. The molecule has 0 spiro atoms. The Bertz CT molecular complexity index is 558. The lowest BCUT2D eigenvalue weighted by molar-refractivity contribution is -0.123. The molecule has 3 rings (SSSR count). The first-order chi connectivity index (χ1) is 10.6. The van der Waals surface area contributed by atoms with Crippen molar-refractivity contribution in [2.75, 3.05) is 6.54 Å². The molecule has 1 aliphatic carbocycles. The molecule has 5 heteroatoms. The van der Waals surface area contributed by atoms with E-state index in [1.54, 1.807) is 11.3 Å². The number of hydrogen-bond acceptors (Lipinski definition) is 3. The number of aryl methyl sites for hydroxylation is 2. The third-order valence-corrected chi connectivity index (χ3v) is 6.23. The van der Waals surface area contributed by atoms with E-state index in [1.807, 2.05) is 4.90 Å². The monoisotopic (exact) mass is 320 g/mol. The van der Waals surface area contributed by atoms with Crippen LogP contribution < -0.4 is 5.73 Å². The Kier molecular flexibility index (Phi) is 4.52. The minimum atomic E-state index is -0.285. The van der Waals surface area contributed by atoms with Crippen molar-refractivity contribution in [3.63, 3.8) is 0 Å². The van der Waals surface area contributed by atoms with E-state index in [0.717, 1.165) is 30.6 Å². The fourth-order valence-electron chi connectivity index (χ4n) is 3.54. The molecule has 0 unspecified atom stereocenters. The number of nitrogens with two attached hydrogens (primary N) is 1. The van der Waals surface area contributed by atoms with Gasteiger partial charge >= 0.3 is 0 Å². The number of carbonyl (C=O) groups is 2. The molecule has 4 nitrogen and oxygen atoms in total. The van der Waals surface area contributed by atoms with Crippen LogP contribution in [0.3, 0.4) is 0 Å². The van der Waals surface area contributed by atoms with Gasteiger partial charge in [-0.1, -0.05) is 6.42 Å². The van der Waals surface area contributed by atoms with Gasteiger partial charge in [0.05, 0.1) is 10.8 Å². The van der Waals surface area contributed by atoms with Crippen molar-refractivity contribution >= 4 is 23.2 Å². The molecule has 1 aliphatic heterocycles. The van der Waals surface area contributed by atoms with E-state index in [-0.39, 0.29) is 23.8 Å². The van der Waals surface area contributed by atoms with Crippen LogP contribution in [0.5, 0.6) is 0 Å². The quantitative estimate of drug-likeness (QED) is 0.852. The number of amides is 2. The van der Waals surface area contributed by atoms with E-state index in [2.05, 4.69) is 13.0 Å². The summed E-state index contributed by atoms with van der Waals surface area (Å²) in [5.74, 6) is -0.402. The second-order valence-corrected chi connectivity index (χ2v) is 7.74. The molecule has 120 valence electrons. The molecule has 1 fully saturated rings. The molecule has 0 bridgehead atoms. The van der Waals surface area contributed by atoms with Crippen molar-refractivity contribution in [2.24, 2.45) is 11.7 Å². The van der Waals surface area contributed by atoms with Gasteiger partial charge in [-0.2, -0.15) is 0 Å². The number of rotatable bonds is 2. The summed E-state index contributed by atoms with van der Waals surface area (Å²) in [4.78, 5) is 28.4. The van der Waals surface area contributed by atoms with Crippen LogP contribution in [0.25, 0.3) is 0 Å². The Morgan fingerprint density at radius 1 is 1.23 bits per heavy atom. The van der Waals surface area contributed by atoms with Gasteiger partial charge in [-0.05, 0) is 57.1 Å². The average molecular weight is 320 g/mol. The van der Waals surface area contributed by atoms with Crippen molar-refractivity contribution in [3.8, 4) is 0 Å². The van der Waals surface area contributed by atoms with E-state index in [9.17, 15) is 9.59 Å². The van der Waals surface area contributed by atoms with Crippen LogP contribution in [0.2, 0.25) is 0 Å². The first-order valence-electron chi connectivity index (χ1n) is 8.28. The molecule has 1 aromatic rings. The van der Waals surface area contributed by atoms with E-state index < -0.39 is 0 Å². The molecule has 2 aliphatic rings. The molecule has 2 atom stereocenters. The summed E-state index contributed by atoms with van der Waals surface area (Å²) in [5, 5.41) is 0. The average Bonchev–Trinajstić information content (AvgIpc) is 2.78. The SMILES string of the molecule is C[C@@H]1CC[C@@H](C(N)=O)CN1C(=O)c1cc2c(s1)CCCCC2. The van der Waals surface area contributed by atoms with Crippen molar-refractivity contribution in [2.45, 2.75) is 57.9 Å². The van der Waals surface area contributed by atoms with Crippen LogP contribution >= 0.6 is 11.3 Å². The minimum Gasteiger partial charge on any atom is -0.369 e. The van der Waals surface area contributed by atoms with Crippen molar-refractivity contribution in [3.05, 3.63) is 21.4 Å². The lowest BCUT2D eigenvalue weighted by Gasteiger charge is -2.36. The first kappa shape index (κ1) is 15.5. The van der Waals surface area contributed by atoms with Crippen LogP contribution in [0, 0.1) is 5.92 Å². The number of primary amides is 1. The van der Waals surface area contributed by atoms with Gasteiger partial charge in [-0.25, -0.2) is 0 Å². The summed E-state index contributed by atoms with van der Waals surface area (Å²) >= 11 is 1.65. The molecule has 0 radical (unpaired) electrons. The van der Waals surface area contributed by atoms with Gasteiger partial charge in [-0.15, -0.1) is 11.3 Å². The van der Waals surface area contributed by atoms with Crippen molar-refractivity contribution in [1.29, 1.82) is 0 Å². The summed E-state index contributed by atoms with van der Waals surface area (Å²) in [6.07, 6.45) is 7.58. The smallest absolute Gasteiger partial charge is 0.264 e. The second-order valence-electron chi connectivity index (χ2n) is 6.60. The topological polar surface area (TPSA) is 63.4 Å². The van der Waals surface area contributed by atoms with Crippen molar-refractivity contribution < 1.29 is 9.59 Å². The second kappa shape index (κ2) is 6.41. The third kappa shape index (κ3) is 3.05. The Morgan fingerprint density at radius 3 is 2.77 bits per heavy atom. The van der Waals surface area contributed by atoms with Crippen LogP contribution in [0.4, 0.5) is 0 Å². The summed E-state index contributed by atoms with van der Waals surface area (Å²) in [7, 11) is 0. The van der Waals surface area contributed by atoms with E-state index >= 15 is 0 Å². The molecule has 2 heterocycles. The summed E-state index contributed by atoms with van der Waals surface area (Å²) < 4.78 is 0. The fourth-order valence-corrected chi connectivity index (χ4v) is 4.75. The van der Waals surface area contributed by atoms with Gasteiger partial charge in [0.15, 0.2) is 0 Å². The lowest BCUT2D eigenvalue weighted by Crippen LogP contribution is -2.48. The maximum absolute atomic E-state index is 12.9. The molecule has 1 aromatic heterocycles. The Morgan fingerprint density at radius 2 is 2.00 bits per heavy atom. The Balaban J connectivity index is 1.79. The Hall–Kier alpha value is -1.36. The van der Waals surface area contributed by atoms with Crippen LogP contribution in [-0.4, -0.2) is 29.3 Å². The number of hydrogen-bond donors (Lipinski definition) is 1. The standard InChI is InChI=1S/C17H24N2O2S/c1-11-7-8-13(16(18)20)10-19(11)17(21)15-9-12-5-3-2-4-6-14(12)22-15/h9,11,13H,2-8,10H2,1H3,(H2,18,20)/t11-,13-/m1/s1. The maximum atomic E-state index is 12.9. The molecule has 2 amide bonds. The van der Waals surface area contributed by atoms with E-state index in [4.69, 9.17) is 5.73 Å². The molecular weight excluding hydrogens is 296 g/mol. The minimum absolute atomic E-state index is 0.0801. The number of likely N-dealkylation sites (tertiary alicyclic amines) is 1. The van der Waals surface area contributed by atoms with Gasteiger partial charge in [-0.3, -0.25) is 9.59 Å². The van der Waals surface area contributed by atoms with E-state index in [1.165, 1.54) is 29.7 Å². The molecule has 0 aromatic carbocycles. The Labute approximate surface area is 135 Å². The van der Waals surface area contributed by atoms with Gasteiger partial charge in [0.25, 0.3) is 5.91 Å². The maximum Gasteiger partial charge on any atom is 0.264 e. The van der Waals surface area contributed by atoms with Crippen LogP contribution in [0.15, 0.2) is 6.07 Å². The zero-order valence-electron chi connectivity index (χ0n) is 13.1. The predicted molar refractivity (Wildman–Crippen MR) is 88.0 cm³/mol. The summed E-state index contributed by atoms with van der Waals surface area (Å²) in [5.41, 5.74) is 6.80. The summed E-state index contributed by atoms with van der Waals surface area (Å²) in [6, 6.07) is 2.28. The van der Waals surface area contributed by atoms with Gasteiger partial charge in [0.1, 0.15) is 0 Å². The fraction of sp³-hybridized carbons (Fsp3) is 0.647. The number of fused-ring (bicyclic) bond motifs is 1. The van der Waals surface area contributed by atoms with Gasteiger partial charge in [0.2, 0.25) is 5.91 Å². The third-order valence-electron chi connectivity index (χ3n) is 5.00. The first-order valence-corrected chi connectivity index (χ1v) is 9.09. The zero-order valence-corrected chi connectivity index (χ0v) is 14.0. The number of carbonyl (C=O) groups excluding carboxylic acids is 2. The molecule has 2 N–H and O–H groups in total. The highest BCUT2D eigenvalue weighted by atomic mass is 32.1. The normalized spacial score (nSPS) is 25.4. The zero-order chi connectivity index (χ0) is 15.7. The largest absolute Gasteiger partial charge is 0.369 e. The number of piperidine rings is 1. The highest BCUT2D eigenvalue weighted by Gasteiger charge is 2.33. The van der Waals surface area contributed by atoms with Crippen LogP contribution in [-0.2, 0) is 17.6 Å². The number of nitrogens with zero attached hydrogens (tertiary/aromatic N) is 1. The van der Waals surface area contributed by atoms with Crippen LogP contribution in [0.1, 0.15) is 59.1 Å². The van der Waals surface area contributed by atoms with Gasteiger partial charge in [0, 0.05) is 17.5 Å². The lowest BCUT2D eigenvalue weighted by atomic mass is 9.93. The molecule has 22 heavy (non-hydrogen) atoms. The summed E-state index contributed by atoms with van der Waals surface area (Å²) in [6.45, 7) is 2.53. The number of thiophene rings is 1.